The van der Waals surface area contributed by atoms with Gasteiger partial charge in [-0.1, -0.05) is 32.8 Å². The van der Waals surface area contributed by atoms with E-state index in [1.807, 2.05) is 11.3 Å². The average molecular weight is 274 g/mol. The number of thiophene rings is 1. The van der Waals surface area contributed by atoms with Gasteiger partial charge in [-0.25, -0.2) is 0 Å². The molecule has 0 aromatic carbocycles. The second kappa shape index (κ2) is 7.40. The van der Waals surface area contributed by atoms with Crippen molar-refractivity contribution in [2.24, 2.45) is 5.92 Å². The summed E-state index contributed by atoms with van der Waals surface area (Å²) in [7, 11) is 0. The van der Waals surface area contributed by atoms with Gasteiger partial charge >= 0.3 is 0 Å². The molecule has 1 saturated carbocycles. The van der Waals surface area contributed by atoms with Crippen LogP contribution in [0.4, 0.5) is 0 Å². The minimum Gasteiger partial charge on any atom is -0.306 e. The minimum absolute atomic E-state index is 0. The van der Waals surface area contributed by atoms with E-state index in [1.165, 1.54) is 37.0 Å². The zero-order chi connectivity index (χ0) is 11.4. The van der Waals surface area contributed by atoms with Crippen molar-refractivity contribution in [1.82, 2.24) is 5.32 Å². The quantitative estimate of drug-likeness (QED) is 0.813. The van der Waals surface area contributed by atoms with Gasteiger partial charge in [0.05, 0.1) is 0 Å². The molecule has 1 unspecified atom stereocenters. The van der Waals surface area contributed by atoms with Crippen LogP contribution < -0.4 is 5.32 Å². The number of hydrogen-bond donors (Lipinski definition) is 1. The van der Waals surface area contributed by atoms with Crippen molar-refractivity contribution >= 4 is 23.7 Å². The van der Waals surface area contributed by atoms with Gasteiger partial charge in [0.2, 0.25) is 0 Å². The molecule has 1 aliphatic rings. The molecular weight excluding hydrogens is 250 g/mol. The third-order valence-electron chi connectivity index (χ3n) is 3.39. The molecule has 2 rings (SSSR count). The van der Waals surface area contributed by atoms with Gasteiger partial charge in [-0.3, -0.25) is 0 Å². The predicted octanol–water partition coefficient (Wildman–Crippen LogP) is 4.79. The van der Waals surface area contributed by atoms with Crippen molar-refractivity contribution < 1.29 is 0 Å². The minimum atomic E-state index is 0. The van der Waals surface area contributed by atoms with Gasteiger partial charge in [-0.2, -0.15) is 0 Å². The fourth-order valence-electron chi connectivity index (χ4n) is 2.60. The maximum Gasteiger partial charge on any atom is 0.0419 e. The van der Waals surface area contributed by atoms with Crippen LogP contribution in [0.15, 0.2) is 17.5 Å². The van der Waals surface area contributed by atoms with E-state index in [0.717, 1.165) is 12.0 Å². The molecule has 0 spiro atoms. The molecule has 0 radical (unpaired) electrons. The standard InChI is InChI=1S/C14H23NS.ClH/c1-11(2)10-13(14-8-5-9-16-14)15-12-6-3-4-7-12;/h5,8-9,11-13,15H,3-4,6-7,10H2,1-2H3;1H. The summed E-state index contributed by atoms with van der Waals surface area (Å²) < 4.78 is 0. The Labute approximate surface area is 115 Å². The second-order valence-electron chi connectivity index (χ2n) is 5.35. The molecule has 1 nitrogen and oxygen atoms in total. The maximum absolute atomic E-state index is 3.86. The second-order valence-corrected chi connectivity index (χ2v) is 6.32. The molecule has 0 aliphatic heterocycles. The highest BCUT2D eigenvalue weighted by Gasteiger charge is 2.21. The Balaban J connectivity index is 0.00000144. The Morgan fingerprint density at radius 3 is 2.59 bits per heavy atom. The molecule has 0 bridgehead atoms. The number of hydrogen-bond acceptors (Lipinski definition) is 2. The molecule has 3 heteroatoms. The monoisotopic (exact) mass is 273 g/mol. The van der Waals surface area contributed by atoms with E-state index in [0.29, 0.717) is 6.04 Å². The maximum atomic E-state index is 3.86. The van der Waals surface area contributed by atoms with E-state index in [1.54, 1.807) is 0 Å². The van der Waals surface area contributed by atoms with Crippen LogP contribution in [0.25, 0.3) is 0 Å². The molecule has 1 heterocycles. The fraction of sp³-hybridized carbons (Fsp3) is 0.714. The summed E-state index contributed by atoms with van der Waals surface area (Å²) in [4.78, 5) is 1.51. The van der Waals surface area contributed by atoms with Gasteiger partial charge in [0.25, 0.3) is 0 Å². The smallest absolute Gasteiger partial charge is 0.0419 e. The van der Waals surface area contributed by atoms with Crippen LogP contribution >= 0.6 is 23.7 Å². The van der Waals surface area contributed by atoms with Crippen molar-refractivity contribution in [1.29, 1.82) is 0 Å². The van der Waals surface area contributed by atoms with Crippen LogP contribution in [0.3, 0.4) is 0 Å². The predicted molar refractivity (Wildman–Crippen MR) is 79.2 cm³/mol. The van der Waals surface area contributed by atoms with Gasteiger partial charge in [-0.15, -0.1) is 23.7 Å². The zero-order valence-corrected chi connectivity index (χ0v) is 12.4. The van der Waals surface area contributed by atoms with Gasteiger partial charge in [0, 0.05) is 17.0 Å². The van der Waals surface area contributed by atoms with Crippen LogP contribution in [0.1, 0.15) is 56.9 Å². The van der Waals surface area contributed by atoms with Crippen molar-refractivity contribution in [2.75, 3.05) is 0 Å². The molecule has 98 valence electrons. The number of halogens is 1. The summed E-state index contributed by atoms with van der Waals surface area (Å²) in [6, 6.07) is 5.80. The molecule has 1 aromatic rings. The molecule has 1 aliphatic carbocycles. The molecule has 1 atom stereocenters. The first-order valence-corrected chi connectivity index (χ1v) is 7.43. The van der Waals surface area contributed by atoms with Crippen LogP contribution in [-0.4, -0.2) is 6.04 Å². The summed E-state index contributed by atoms with van der Waals surface area (Å²) in [5, 5.41) is 6.05. The lowest BCUT2D eigenvalue weighted by Gasteiger charge is -2.23. The summed E-state index contributed by atoms with van der Waals surface area (Å²) in [5.74, 6) is 0.765. The van der Waals surface area contributed by atoms with Crippen molar-refractivity contribution in [3.63, 3.8) is 0 Å². The SMILES string of the molecule is CC(C)CC(NC1CCCC1)c1cccs1.Cl. The van der Waals surface area contributed by atoms with Gasteiger partial charge in [-0.05, 0) is 36.6 Å². The Kier molecular flexibility index (Phi) is 6.53. The molecule has 0 saturated heterocycles. The number of rotatable bonds is 5. The molecule has 1 aromatic heterocycles. The van der Waals surface area contributed by atoms with E-state index >= 15 is 0 Å². The van der Waals surface area contributed by atoms with Crippen LogP contribution in [0.5, 0.6) is 0 Å². The first-order chi connectivity index (χ1) is 7.75. The van der Waals surface area contributed by atoms with E-state index in [9.17, 15) is 0 Å². The summed E-state index contributed by atoms with van der Waals surface area (Å²) in [5.41, 5.74) is 0. The fourth-order valence-corrected chi connectivity index (χ4v) is 3.40. The van der Waals surface area contributed by atoms with Gasteiger partial charge in [0.15, 0.2) is 0 Å². The highest BCUT2D eigenvalue weighted by molar-refractivity contribution is 7.10. The van der Waals surface area contributed by atoms with Gasteiger partial charge in [0.1, 0.15) is 0 Å². The molecule has 1 N–H and O–H groups in total. The molecule has 17 heavy (non-hydrogen) atoms. The van der Waals surface area contributed by atoms with E-state index in [2.05, 4.69) is 36.7 Å². The summed E-state index contributed by atoms with van der Waals surface area (Å²) >= 11 is 1.89. The van der Waals surface area contributed by atoms with Gasteiger partial charge < -0.3 is 5.32 Å². The van der Waals surface area contributed by atoms with E-state index in [-0.39, 0.29) is 12.4 Å². The van der Waals surface area contributed by atoms with Crippen molar-refractivity contribution in [2.45, 2.75) is 58.0 Å². The number of nitrogens with one attached hydrogen (secondary N) is 1. The Morgan fingerprint density at radius 2 is 2.06 bits per heavy atom. The van der Waals surface area contributed by atoms with Crippen LogP contribution in [0.2, 0.25) is 0 Å². The normalized spacial score (nSPS) is 18.3. The van der Waals surface area contributed by atoms with E-state index in [4.69, 9.17) is 0 Å². The lowest BCUT2D eigenvalue weighted by Crippen LogP contribution is -2.31. The third kappa shape index (κ3) is 4.61. The first kappa shape index (κ1) is 15.0. The summed E-state index contributed by atoms with van der Waals surface area (Å²) in [6.45, 7) is 4.63. The van der Waals surface area contributed by atoms with Crippen molar-refractivity contribution in [3.8, 4) is 0 Å². The van der Waals surface area contributed by atoms with Crippen molar-refractivity contribution in [3.05, 3.63) is 22.4 Å². The van der Waals surface area contributed by atoms with Crippen LogP contribution in [-0.2, 0) is 0 Å². The van der Waals surface area contributed by atoms with Crippen LogP contribution in [0, 0.1) is 5.92 Å². The molecule has 1 fully saturated rings. The Bertz CT molecular complexity index is 291. The highest BCUT2D eigenvalue weighted by atomic mass is 35.5. The lowest BCUT2D eigenvalue weighted by atomic mass is 10.0. The Hall–Kier alpha value is -0.0500. The third-order valence-corrected chi connectivity index (χ3v) is 4.37. The topological polar surface area (TPSA) is 12.0 Å². The largest absolute Gasteiger partial charge is 0.306 e. The summed E-state index contributed by atoms with van der Waals surface area (Å²) in [6.07, 6.45) is 6.84. The van der Waals surface area contributed by atoms with E-state index < -0.39 is 0 Å². The lowest BCUT2D eigenvalue weighted by molar-refractivity contribution is 0.384. The highest BCUT2D eigenvalue weighted by Crippen LogP contribution is 2.28. The zero-order valence-electron chi connectivity index (χ0n) is 10.8. The molecule has 0 amide bonds. The first-order valence-electron chi connectivity index (χ1n) is 6.55. The average Bonchev–Trinajstić information content (AvgIpc) is 2.88. The Morgan fingerprint density at radius 1 is 1.35 bits per heavy atom. The molecular formula is C14H24ClNS.